The summed E-state index contributed by atoms with van der Waals surface area (Å²) in [5.41, 5.74) is 0. The molecule has 0 saturated carbocycles. The molecule has 1 fully saturated rings. The Kier molecular flexibility index (Phi) is 4.89. The zero-order chi connectivity index (χ0) is 10.6. The van der Waals surface area contributed by atoms with Crippen molar-refractivity contribution in [2.24, 2.45) is 5.92 Å². The summed E-state index contributed by atoms with van der Waals surface area (Å²) in [6.45, 7) is 3.25. The van der Waals surface area contributed by atoms with Crippen LogP contribution in [0.1, 0.15) is 12.8 Å². The van der Waals surface area contributed by atoms with Gasteiger partial charge in [0.15, 0.2) is 0 Å². The summed E-state index contributed by atoms with van der Waals surface area (Å²) in [7, 11) is 4.05. The van der Waals surface area contributed by atoms with Gasteiger partial charge in [-0.1, -0.05) is 15.9 Å². The average molecular weight is 263 g/mol. The van der Waals surface area contributed by atoms with Crippen molar-refractivity contribution in [1.82, 2.24) is 9.80 Å². The predicted molar refractivity (Wildman–Crippen MR) is 61.7 cm³/mol. The number of alkyl halides is 1. The van der Waals surface area contributed by atoms with Crippen molar-refractivity contribution < 1.29 is 4.79 Å². The number of likely N-dealkylation sites (tertiary alicyclic amines) is 1. The van der Waals surface area contributed by atoms with Gasteiger partial charge in [-0.3, -0.25) is 4.79 Å². The molecule has 0 N–H and O–H groups in total. The molecule has 14 heavy (non-hydrogen) atoms. The van der Waals surface area contributed by atoms with Crippen LogP contribution >= 0.6 is 15.9 Å². The molecule has 1 aliphatic heterocycles. The van der Waals surface area contributed by atoms with Crippen LogP contribution in [0.3, 0.4) is 0 Å². The van der Waals surface area contributed by atoms with Gasteiger partial charge in [0.2, 0.25) is 5.91 Å². The standard InChI is InChI=1S/C10H19BrN2O/c1-12-5-3-9(4-6-12)8-13(2)10(14)7-11/h9H,3-8H2,1-2H3. The van der Waals surface area contributed by atoms with E-state index in [2.05, 4.69) is 27.9 Å². The molecular formula is C10H19BrN2O. The van der Waals surface area contributed by atoms with Crippen LogP contribution in [0.4, 0.5) is 0 Å². The van der Waals surface area contributed by atoms with Gasteiger partial charge in [0.05, 0.1) is 5.33 Å². The highest BCUT2D eigenvalue weighted by Gasteiger charge is 2.19. The van der Waals surface area contributed by atoms with Crippen molar-refractivity contribution in [3.63, 3.8) is 0 Å². The van der Waals surface area contributed by atoms with Gasteiger partial charge < -0.3 is 9.80 Å². The van der Waals surface area contributed by atoms with E-state index in [1.165, 1.54) is 25.9 Å². The Morgan fingerprint density at radius 3 is 2.57 bits per heavy atom. The topological polar surface area (TPSA) is 23.6 Å². The molecule has 4 heteroatoms. The number of amides is 1. The van der Waals surface area contributed by atoms with Crippen LogP contribution in [0.25, 0.3) is 0 Å². The molecule has 82 valence electrons. The lowest BCUT2D eigenvalue weighted by Gasteiger charge is -2.31. The second-order valence-corrected chi connectivity index (χ2v) is 4.72. The Labute approximate surface area is 94.6 Å². The van der Waals surface area contributed by atoms with E-state index >= 15 is 0 Å². The van der Waals surface area contributed by atoms with E-state index in [4.69, 9.17) is 0 Å². The molecule has 0 aromatic heterocycles. The maximum absolute atomic E-state index is 11.3. The quantitative estimate of drug-likeness (QED) is 0.714. The van der Waals surface area contributed by atoms with Crippen LogP contribution in [-0.2, 0) is 4.79 Å². The zero-order valence-corrected chi connectivity index (χ0v) is 10.6. The molecule has 0 unspecified atom stereocenters. The molecule has 1 saturated heterocycles. The summed E-state index contributed by atoms with van der Waals surface area (Å²) < 4.78 is 0. The first-order valence-electron chi connectivity index (χ1n) is 5.12. The van der Waals surface area contributed by atoms with Gasteiger partial charge in [0.25, 0.3) is 0 Å². The van der Waals surface area contributed by atoms with Gasteiger partial charge in [-0.05, 0) is 38.9 Å². The fraction of sp³-hybridized carbons (Fsp3) is 0.900. The minimum absolute atomic E-state index is 0.184. The summed E-state index contributed by atoms with van der Waals surface area (Å²) in [6, 6.07) is 0. The van der Waals surface area contributed by atoms with Gasteiger partial charge >= 0.3 is 0 Å². The fourth-order valence-electron chi connectivity index (χ4n) is 1.84. The Bertz CT molecular complexity index is 191. The zero-order valence-electron chi connectivity index (χ0n) is 9.00. The van der Waals surface area contributed by atoms with Crippen molar-refractivity contribution in [2.45, 2.75) is 12.8 Å². The van der Waals surface area contributed by atoms with Gasteiger partial charge in [0, 0.05) is 13.6 Å². The first-order valence-corrected chi connectivity index (χ1v) is 6.24. The number of carbonyl (C=O) groups is 1. The molecule has 1 aliphatic rings. The molecule has 3 nitrogen and oxygen atoms in total. The van der Waals surface area contributed by atoms with Crippen LogP contribution < -0.4 is 0 Å². The van der Waals surface area contributed by atoms with Crippen LogP contribution in [0, 0.1) is 5.92 Å². The third-order valence-electron chi connectivity index (χ3n) is 2.91. The van der Waals surface area contributed by atoms with E-state index in [9.17, 15) is 4.79 Å². The Hall–Kier alpha value is -0.0900. The summed E-state index contributed by atoms with van der Waals surface area (Å²) in [5, 5.41) is 0.441. The maximum Gasteiger partial charge on any atom is 0.232 e. The first-order chi connectivity index (χ1) is 6.63. The van der Waals surface area contributed by atoms with Crippen LogP contribution in [0.5, 0.6) is 0 Å². The van der Waals surface area contributed by atoms with Crippen LogP contribution in [0.15, 0.2) is 0 Å². The van der Waals surface area contributed by atoms with E-state index in [0.29, 0.717) is 11.2 Å². The predicted octanol–water partition coefficient (Wildman–Crippen LogP) is 1.18. The van der Waals surface area contributed by atoms with Crippen molar-refractivity contribution >= 4 is 21.8 Å². The van der Waals surface area contributed by atoms with Crippen LogP contribution in [0.2, 0.25) is 0 Å². The molecule has 1 amide bonds. The Morgan fingerprint density at radius 2 is 2.07 bits per heavy atom. The van der Waals surface area contributed by atoms with E-state index in [0.717, 1.165) is 6.54 Å². The lowest BCUT2D eigenvalue weighted by molar-refractivity contribution is -0.127. The number of halogens is 1. The first kappa shape index (κ1) is 12.0. The average Bonchev–Trinajstić information content (AvgIpc) is 2.20. The van der Waals surface area contributed by atoms with Crippen molar-refractivity contribution in [1.29, 1.82) is 0 Å². The second-order valence-electron chi connectivity index (χ2n) is 4.15. The number of carbonyl (C=O) groups excluding carboxylic acids is 1. The molecule has 0 aromatic rings. The van der Waals surface area contributed by atoms with Gasteiger partial charge in [-0.2, -0.15) is 0 Å². The van der Waals surface area contributed by atoms with Gasteiger partial charge in [-0.15, -0.1) is 0 Å². The molecule has 0 bridgehead atoms. The Morgan fingerprint density at radius 1 is 1.50 bits per heavy atom. The molecule has 0 spiro atoms. The molecule has 0 atom stereocenters. The summed E-state index contributed by atoms with van der Waals surface area (Å²) in [5.74, 6) is 0.878. The third kappa shape index (κ3) is 3.58. The molecule has 1 heterocycles. The van der Waals surface area contributed by atoms with Gasteiger partial charge in [-0.25, -0.2) is 0 Å². The van der Waals surface area contributed by atoms with E-state index in [-0.39, 0.29) is 5.91 Å². The number of rotatable bonds is 3. The lowest BCUT2D eigenvalue weighted by Crippen LogP contribution is -2.38. The fourth-order valence-corrected chi connectivity index (χ4v) is 2.26. The van der Waals surface area contributed by atoms with Crippen molar-refractivity contribution in [3.05, 3.63) is 0 Å². The molecule has 0 radical (unpaired) electrons. The highest BCUT2D eigenvalue weighted by Crippen LogP contribution is 2.16. The Balaban J connectivity index is 2.27. The third-order valence-corrected chi connectivity index (χ3v) is 3.39. The van der Waals surface area contributed by atoms with Crippen molar-refractivity contribution in [2.75, 3.05) is 39.1 Å². The number of hydrogen-bond donors (Lipinski definition) is 0. The van der Waals surface area contributed by atoms with Crippen molar-refractivity contribution in [3.8, 4) is 0 Å². The molecule has 0 aromatic carbocycles. The molecular weight excluding hydrogens is 244 g/mol. The lowest BCUT2D eigenvalue weighted by atomic mass is 9.97. The minimum Gasteiger partial charge on any atom is -0.345 e. The number of nitrogens with zero attached hydrogens (tertiary/aromatic N) is 2. The number of piperidine rings is 1. The largest absolute Gasteiger partial charge is 0.345 e. The smallest absolute Gasteiger partial charge is 0.232 e. The summed E-state index contributed by atoms with van der Waals surface area (Å²) in [6.07, 6.45) is 2.44. The SMILES string of the molecule is CN1CCC(CN(C)C(=O)CBr)CC1. The number of hydrogen-bond acceptors (Lipinski definition) is 2. The normalized spacial score (nSPS) is 19.6. The highest BCUT2D eigenvalue weighted by molar-refractivity contribution is 9.09. The van der Waals surface area contributed by atoms with E-state index in [1.54, 1.807) is 0 Å². The maximum atomic E-state index is 11.3. The monoisotopic (exact) mass is 262 g/mol. The van der Waals surface area contributed by atoms with E-state index in [1.807, 2.05) is 11.9 Å². The summed E-state index contributed by atoms with van der Waals surface area (Å²) >= 11 is 3.19. The molecule has 1 rings (SSSR count). The highest BCUT2D eigenvalue weighted by atomic mass is 79.9. The summed E-state index contributed by atoms with van der Waals surface area (Å²) in [4.78, 5) is 15.5. The van der Waals surface area contributed by atoms with Crippen LogP contribution in [-0.4, -0.2) is 54.8 Å². The van der Waals surface area contributed by atoms with Gasteiger partial charge in [0.1, 0.15) is 0 Å². The molecule has 0 aliphatic carbocycles. The van der Waals surface area contributed by atoms with E-state index < -0.39 is 0 Å². The second kappa shape index (κ2) is 5.71. The minimum atomic E-state index is 0.184.